The van der Waals surface area contributed by atoms with E-state index in [2.05, 4.69) is 5.32 Å². The molecular formula is C26H30N2O4S2. The molecule has 4 rings (SSSR count). The van der Waals surface area contributed by atoms with Crippen molar-refractivity contribution in [2.24, 2.45) is 5.92 Å². The van der Waals surface area contributed by atoms with Crippen LogP contribution in [0.3, 0.4) is 0 Å². The van der Waals surface area contributed by atoms with Gasteiger partial charge in [-0.05, 0) is 48.6 Å². The van der Waals surface area contributed by atoms with Crippen molar-refractivity contribution < 1.29 is 17.9 Å². The minimum atomic E-state index is -3.55. The number of nitrogens with zero attached hydrogens (tertiary/aromatic N) is 1. The maximum Gasteiger partial charge on any atom is 0.252 e. The average Bonchev–Trinajstić information content (AvgIpc) is 3.31. The Labute approximate surface area is 205 Å². The lowest BCUT2D eigenvalue weighted by atomic mass is 9.98. The molecule has 0 radical (unpaired) electrons. The summed E-state index contributed by atoms with van der Waals surface area (Å²) in [6, 6.07) is 21.5. The standard InChI is InChI=1S/C26H30N2O4S2/c1-20-9-14-25(33-20)34(30,31)28-15-5-8-24(17-28)26(29)27-16-21-10-12-23(13-11-21)19-32-18-22-6-3-2-4-7-22/h2-4,6-7,9-14,24H,5,8,15-19H2,1H3,(H,27,29)/t24-/m0/s1. The van der Waals surface area contributed by atoms with E-state index in [-0.39, 0.29) is 18.4 Å². The van der Waals surface area contributed by atoms with Crippen LogP contribution < -0.4 is 5.32 Å². The Morgan fingerprint density at radius 3 is 2.35 bits per heavy atom. The lowest BCUT2D eigenvalue weighted by Gasteiger charge is -2.30. The summed E-state index contributed by atoms with van der Waals surface area (Å²) in [5.41, 5.74) is 3.21. The Morgan fingerprint density at radius 2 is 1.68 bits per heavy atom. The monoisotopic (exact) mass is 498 g/mol. The van der Waals surface area contributed by atoms with E-state index in [1.165, 1.54) is 15.6 Å². The SMILES string of the molecule is Cc1ccc(S(=O)(=O)N2CCC[C@H](C(=O)NCc3ccc(COCc4ccccc4)cc3)C2)s1. The van der Waals surface area contributed by atoms with Gasteiger partial charge in [0.25, 0.3) is 10.0 Å². The summed E-state index contributed by atoms with van der Waals surface area (Å²) >= 11 is 1.27. The quantitative estimate of drug-likeness (QED) is 0.472. The van der Waals surface area contributed by atoms with Crippen LogP contribution in [0.5, 0.6) is 0 Å². The molecular weight excluding hydrogens is 468 g/mol. The molecule has 6 nitrogen and oxygen atoms in total. The van der Waals surface area contributed by atoms with Crippen LogP contribution in [0.15, 0.2) is 70.9 Å². The van der Waals surface area contributed by atoms with Gasteiger partial charge in [-0.3, -0.25) is 4.79 Å². The summed E-state index contributed by atoms with van der Waals surface area (Å²) < 4.78 is 33.4. The molecule has 1 atom stereocenters. The summed E-state index contributed by atoms with van der Waals surface area (Å²) in [6.45, 7) is 4.08. The number of amides is 1. The van der Waals surface area contributed by atoms with E-state index in [9.17, 15) is 13.2 Å². The van der Waals surface area contributed by atoms with Crippen LogP contribution in [0.1, 0.15) is 34.4 Å². The van der Waals surface area contributed by atoms with Gasteiger partial charge in [0.05, 0.1) is 19.1 Å². The van der Waals surface area contributed by atoms with E-state index in [4.69, 9.17) is 4.74 Å². The molecule has 0 spiro atoms. The number of hydrogen-bond acceptors (Lipinski definition) is 5. The fraction of sp³-hybridized carbons (Fsp3) is 0.346. The second-order valence-corrected chi connectivity index (χ2v) is 12.0. The highest BCUT2D eigenvalue weighted by molar-refractivity contribution is 7.91. The third-order valence-corrected chi connectivity index (χ3v) is 9.27. The molecule has 0 unspecified atom stereocenters. The number of carbonyl (C=O) groups is 1. The number of rotatable bonds is 9. The van der Waals surface area contributed by atoms with Gasteiger partial charge in [0.1, 0.15) is 4.21 Å². The van der Waals surface area contributed by atoms with E-state index in [0.29, 0.717) is 43.4 Å². The minimum absolute atomic E-state index is 0.0995. The Hall–Kier alpha value is -2.52. The Kier molecular flexibility index (Phi) is 8.15. The number of benzene rings is 2. The van der Waals surface area contributed by atoms with E-state index < -0.39 is 10.0 Å². The molecule has 1 N–H and O–H groups in total. The number of nitrogens with one attached hydrogen (secondary N) is 1. The molecule has 0 saturated carbocycles. The first-order valence-corrected chi connectivity index (χ1v) is 13.7. The van der Waals surface area contributed by atoms with Gasteiger partial charge in [0.2, 0.25) is 5.91 Å². The highest BCUT2D eigenvalue weighted by Gasteiger charge is 2.33. The highest BCUT2D eigenvalue weighted by Crippen LogP contribution is 2.28. The molecule has 34 heavy (non-hydrogen) atoms. The zero-order valence-electron chi connectivity index (χ0n) is 19.3. The lowest BCUT2D eigenvalue weighted by Crippen LogP contribution is -2.45. The molecule has 1 aromatic heterocycles. The Bertz CT molecular complexity index is 1190. The molecule has 3 aromatic rings. The zero-order chi connectivity index (χ0) is 24.0. The van der Waals surface area contributed by atoms with Crippen LogP contribution in [0.25, 0.3) is 0 Å². The molecule has 2 aromatic carbocycles. The molecule has 8 heteroatoms. The van der Waals surface area contributed by atoms with E-state index in [1.54, 1.807) is 6.07 Å². The summed E-state index contributed by atoms with van der Waals surface area (Å²) in [4.78, 5) is 13.7. The molecule has 0 bridgehead atoms. The van der Waals surface area contributed by atoms with Crippen molar-refractivity contribution in [2.45, 2.75) is 43.7 Å². The van der Waals surface area contributed by atoms with Crippen molar-refractivity contribution in [3.63, 3.8) is 0 Å². The van der Waals surface area contributed by atoms with Crippen molar-refractivity contribution in [1.82, 2.24) is 9.62 Å². The molecule has 2 heterocycles. The number of thiophene rings is 1. The number of sulfonamides is 1. The van der Waals surface area contributed by atoms with E-state index in [1.807, 2.05) is 67.6 Å². The number of piperidine rings is 1. The van der Waals surface area contributed by atoms with Gasteiger partial charge in [0.15, 0.2) is 0 Å². The summed E-state index contributed by atoms with van der Waals surface area (Å²) in [7, 11) is -3.55. The summed E-state index contributed by atoms with van der Waals surface area (Å²) in [6.07, 6.45) is 1.37. The lowest BCUT2D eigenvalue weighted by molar-refractivity contribution is -0.126. The van der Waals surface area contributed by atoms with Crippen LogP contribution in [-0.2, 0) is 39.3 Å². The predicted octanol–water partition coefficient (Wildman–Crippen LogP) is 4.49. The molecule has 1 aliphatic rings. The van der Waals surface area contributed by atoms with Crippen molar-refractivity contribution in [1.29, 1.82) is 0 Å². The maximum absolute atomic E-state index is 12.9. The van der Waals surface area contributed by atoms with Gasteiger partial charge in [-0.2, -0.15) is 4.31 Å². The molecule has 1 fully saturated rings. The van der Waals surface area contributed by atoms with Crippen molar-refractivity contribution in [2.75, 3.05) is 13.1 Å². The van der Waals surface area contributed by atoms with Crippen LogP contribution in [0.4, 0.5) is 0 Å². The Morgan fingerprint density at radius 1 is 1.00 bits per heavy atom. The van der Waals surface area contributed by atoms with Gasteiger partial charge in [-0.1, -0.05) is 54.6 Å². The van der Waals surface area contributed by atoms with Gasteiger partial charge in [0, 0.05) is 24.5 Å². The van der Waals surface area contributed by atoms with Crippen LogP contribution in [-0.4, -0.2) is 31.7 Å². The average molecular weight is 499 g/mol. The zero-order valence-corrected chi connectivity index (χ0v) is 20.9. The van der Waals surface area contributed by atoms with Gasteiger partial charge in [-0.15, -0.1) is 11.3 Å². The van der Waals surface area contributed by atoms with Crippen LogP contribution >= 0.6 is 11.3 Å². The minimum Gasteiger partial charge on any atom is -0.372 e. The molecule has 1 aliphatic heterocycles. The second kappa shape index (κ2) is 11.3. The van der Waals surface area contributed by atoms with Gasteiger partial charge < -0.3 is 10.1 Å². The van der Waals surface area contributed by atoms with E-state index in [0.717, 1.165) is 21.6 Å². The fourth-order valence-corrected chi connectivity index (χ4v) is 6.96. The molecule has 1 amide bonds. The summed E-state index contributed by atoms with van der Waals surface area (Å²) in [5, 5.41) is 2.98. The molecule has 0 aliphatic carbocycles. The smallest absolute Gasteiger partial charge is 0.252 e. The van der Waals surface area contributed by atoms with Crippen molar-refractivity contribution in [3.05, 3.63) is 88.3 Å². The van der Waals surface area contributed by atoms with Gasteiger partial charge in [-0.25, -0.2) is 8.42 Å². The van der Waals surface area contributed by atoms with Crippen molar-refractivity contribution in [3.8, 4) is 0 Å². The number of ether oxygens (including phenoxy) is 1. The van der Waals surface area contributed by atoms with Crippen molar-refractivity contribution >= 4 is 27.3 Å². The highest BCUT2D eigenvalue weighted by atomic mass is 32.2. The maximum atomic E-state index is 12.9. The number of hydrogen-bond donors (Lipinski definition) is 1. The molecule has 180 valence electrons. The third kappa shape index (κ3) is 6.33. The molecule has 1 saturated heterocycles. The van der Waals surface area contributed by atoms with Crippen LogP contribution in [0, 0.1) is 12.8 Å². The fourth-order valence-electron chi connectivity index (χ4n) is 4.00. The largest absolute Gasteiger partial charge is 0.372 e. The van der Waals surface area contributed by atoms with Crippen LogP contribution in [0.2, 0.25) is 0 Å². The first kappa shape index (κ1) is 24.6. The topological polar surface area (TPSA) is 75.7 Å². The number of aryl methyl sites for hydroxylation is 1. The first-order valence-electron chi connectivity index (χ1n) is 11.5. The first-order chi connectivity index (χ1) is 16.4. The normalized spacial score (nSPS) is 16.9. The van der Waals surface area contributed by atoms with Gasteiger partial charge >= 0.3 is 0 Å². The summed E-state index contributed by atoms with van der Waals surface area (Å²) in [5.74, 6) is -0.437. The number of carbonyl (C=O) groups excluding carboxylic acids is 1. The third-order valence-electron chi connectivity index (χ3n) is 5.93. The second-order valence-electron chi connectivity index (χ2n) is 8.58. The Balaban J connectivity index is 1.25. The van der Waals surface area contributed by atoms with E-state index >= 15 is 0 Å². The predicted molar refractivity (Wildman–Crippen MR) is 134 cm³/mol.